The molecule has 2 aliphatic heterocycles. The summed E-state index contributed by atoms with van der Waals surface area (Å²) in [5.74, 6) is 0. The summed E-state index contributed by atoms with van der Waals surface area (Å²) in [6.45, 7) is 21.0. The normalized spacial score (nSPS) is 33.3. The van der Waals surface area contributed by atoms with Crippen LogP contribution in [-0.4, -0.2) is 60.8 Å². The largest absolute Gasteiger partial charge is 0.415 e. The van der Waals surface area contributed by atoms with Gasteiger partial charge in [0.25, 0.3) is 0 Å². The lowest BCUT2D eigenvalue weighted by atomic mass is 10.0. The summed E-state index contributed by atoms with van der Waals surface area (Å²) < 4.78 is 31.0. The lowest BCUT2D eigenvalue weighted by Crippen LogP contribution is -2.55. The first-order chi connectivity index (χ1) is 12.4. The predicted octanol–water partition coefficient (Wildman–Crippen LogP) is 4.46. The van der Waals surface area contributed by atoms with E-state index >= 15 is 0 Å². The fourth-order valence-corrected chi connectivity index (χ4v) is 5.51. The van der Waals surface area contributed by atoms with Crippen molar-refractivity contribution in [2.24, 2.45) is 0 Å². The van der Waals surface area contributed by atoms with Crippen LogP contribution in [-0.2, 0) is 23.1 Å². The molecule has 0 amide bonds. The smallest absolute Gasteiger partial charge is 0.192 e. The molecule has 2 saturated heterocycles. The third kappa shape index (κ3) is 7.21. The Morgan fingerprint density at radius 2 is 1.81 bits per heavy atom. The molecule has 2 heterocycles. The van der Waals surface area contributed by atoms with Gasteiger partial charge >= 0.3 is 0 Å². The number of epoxide rings is 1. The molecular weight excluding hydrogens is 376 g/mol. The number of hydrogen-bond donors (Lipinski definition) is 0. The highest BCUT2D eigenvalue weighted by Gasteiger charge is 2.45. The zero-order chi connectivity index (χ0) is 20.4. The van der Waals surface area contributed by atoms with Gasteiger partial charge in [0.2, 0.25) is 0 Å². The zero-order valence-corrected chi connectivity index (χ0v) is 21.1. The van der Waals surface area contributed by atoms with Crippen molar-refractivity contribution in [1.29, 1.82) is 0 Å². The molecule has 0 aromatic rings. The SMILES string of the molecule is CC(CCC1CO1)O[C@@H]1O[C@@H](C)[C@H](O[SiH](C)C)C[C@H]1O[Si](C)(C)C(C)(C)C. The van der Waals surface area contributed by atoms with Crippen LogP contribution in [0.4, 0.5) is 0 Å². The van der Waals surface area contributed by atoms with Crippen LogP contribution in [0.15, 0.2) is 0 Å². The molecule has 2 aliphatic rings. The van der Waals surface area contributed by atoms with Crippen molar-refractivity contribution in [3.05, 3.63) is 0 Å². The van der Waals surface area contributed by atoms with Gasteiger partial charge in [-0.2, -0.15) is 0 Å². The van der Waals surface area contributed by atoms with Gasteiger partial charge in [0, 0.05) is 6.42 Å². The van der Waals surface area contributed by atoms with Crippen molar-refractivity contribution in [2.45, 2.75) is 122 Å². The molecule has 7 heteroatoms. The molecular formula is C20H42O5Si2. The van der Waals surface area contributed by atoms with Crippen LogP contribution in [0.2, 0.25) is 31.2 Å². The van der Waals surface area contributed by atoms with Crippen molar-refractivity contribution in [3.63, 3.8) is 0 Å². The van der Waals surface area contributed by atoms with Gasteiger partial charge in [-0.1, -0.05) is 20.8 Å². The molecule has 0 saturated carbocycles. The van der Waals surface area contributed by atoms with Crippen molar-refractivity contribution < 1.29 is 23.1 Å². The van der Waals surface area contributed by atoms with E-state index in [1.165, 1.54) is 0 Å². The minimum atomic E-state index is -1.93. The van der Waals surface area contributed by atoms with Crippen LogP contribution < -0.4 is 0 Å². The summed E-state index contributed by atoms with van der Waals surface area (Å²) in [7, 11) is -3.07. The molecule has 2 rings (SSSR count). The van der Waals surface area contributed by atoms with Gasteiger partial charge in [-0.25, -0.2) is 0 Å². The molecule has 0 N–H and O–H groups in total. The lowest BCUT2D eigenvalue weighted by molar-refractivity contribution is -0.267. The predicted molar refractivity (Wildman–Crippen MR) is 114 cm³/mol. The zero-order valence-electron chi connectivity index (χ0n) is 18.9. The first-order valence-corrected chi connectivity index (χ1v) is 16.3. The van der Waals surface area contributed by atoms with Gasteiger partial charge in [0.05, 0.1) is 37.1 Å². The summed E-state index contributed by atoms with van der Waals surface area (Å²) in [6.07, 6.45) is 3.21. The third-order valence-electron chi connectivity index (χ3n) is 6.00. The Bertz CT molecular complexity index is 460. The fraction of sp³-hybridized carbons (Fsp3) is 1.00. The summed E-state index contributed by atoms with van der Waals surface area (Å²) in [5, 5.41) is 0.151. The maximum atomic E-state index is 6.75. The van der Waals surface area contributed by atoms with Crippen LogP contribution in [0, 0.1) is 0 Å². The Balaban J connectivity index is 2.05. The number of ether oxygens (including phenoxy) is 3. The van der Waals surface area contributed by atoms with E-state index in [1.54, 1.807) is 0 Å². The summed E-state index contributed by atoms with van der Waals surface area (Å²) in [4.78, 5) is 0. The van der Waals surface area contributed by atoms with Crippen molar-refractivity contribution in [3.8, 4) is 0 Å². The van der Waals surface area contributed by atoms with Gasteiger partial charge in [-0.05, 0) is 57.9 Å². The standard InChI is InChI=1S/C20H42O5Si2/c1-14(10-11-16-13-21-16)22-19-18(25-27(8,9)20(3,4)5)12-17(15(2)23-19)24-26(6)7/h14-19,26H,10-13H2,1-9H3/t14?,15-,16?,17+,18+,19+/m0/s1. The molecule has 5 nitrogen and oxygen atoms in total. The van der Waals surface area contributed by atoms with Crippen LogP contribution >= 0.6 is 0 Å². The van der Waals surface area contributed by atoms with E-state index in [9.17, 15) is 0 Å². The Hall–Kier alpha value is 0.234. The molecule has 160 valence electrons. The first kappa shape index (κ1) is 23.5. The van der Waals surface area contributed by atoms with Crippen LogP contribution in [0.3, 0.4) is 0 Å². The summed E-state index contributed by atoms with van der Waals surface area (Å²) in [6, 6.07) is 0. The quantitative estimate of drug-likeness (QED) is 0.408. The molecule has 0 spiro atoms. The van der Waals surface area contributed by atoms with Gasteiger partial charge in [-0.3, -0.25) is 0 Å². The highest BCUT2D eigenvalue weighted by atomic mass is 28.4. The van der Waals surface area contributed by atoms with Gasteiger partial charge in [0.1, 0.15) is 0 Å². The van der Waals surface area contributed by atoms with E-state index in [0.29, 0.717) is 6.10 Å². The Morgan fingerprint density at radius 3 is 2.33 bits per heavy atom. The second-order valence-corrected chi connectivity index (χ2v) is 17.2. The lowest BCUT2D eigenvalue weighted by Gasteiger charge is -2.46. The number of rotatable bonds is 9. The monoisotopic (exact) mass is 418 g/mol. The molecule has 0 aliphatic carbocycles. The maximum absolute atomic E-state index is 6.75. The third-order valence-corrected chi connectivity index (χ3v) is 11.4. The molecule has 0 bridgehead atoms. The average molecular weight is 419 g/mol. The highest BCUT2D eigenvalue weighted by Crippen LogP contribution is 2.40. The molecule has 0 radical (unpaired) electrons. The number of hydrogen-bond acceptors (Lipinski definition) is 5. The summed E-state index contributed by atoms with van der Waals surface area (Å²) >= 11 is 0. The first-order valence-electron chi connectivity index (χ1n) is 10.6. The van der Waals surface area contributed by atoms with Crippen LogP contribution in [0.25, 0.3) is 0 Å². The Labute approximate surface area is 169 Å². The second-order valence-electron chi connectivity index (χ2n) is 10.1. The molecule has 2 fully saturated rings. The fourth-order valence-electron chi connectivity index (χ4n) is 3.17. The van der Waals surface area contributed by atoms with Crippen LogP contribution in [0.1, 0.15) is 53.9 Å². The molecule has 2 unspecified atom stereocenters. The van der Waals surface area contributed by atoms with Crippen molar-refractivity contribution in [2.75, 3.05) is 6.61 Å². The summed E-state index contributed by atoms with van der Waals surface area (Å²) in [5.41, 5.74) is 0. The minimum Gasteiger partial charge on any atom is -0.415 e. The van der Waals surface area contributed by atoms with E-state index in [0.717, 1.165) is 25.9 Å². The molecule has 27 heavy (non-hydrogen) atoms. The van der Waals surface area contributed by atoms with Gasteiger partial charge in [0.15, 0.2) is 23.6 Å². The van der Waals surface area contributed by atoms with E-state index in [4.69, 9.17) is 23.1 Å². The van der Waals surface area contributed by atoms with Gasteiger partial charge in [-0.15, -0.1) is 0 Å². The van der Waals surface area contributed by atoms with Crippen molar-refractivity contribution >= 4 is 17.4 Å². The van der Waals surface area contributed by atoms with Crippen LogP contribution in [0.5, 0.6) is 0 Å². The van der Waals surface area contributed by atoms with Crippen molar-refractivity contribution in [1.82, 2.24) is 0 Å². The average Bonchev–Trinajstić information content (AvgIpc) is 3.32. The van der Waals surface area contributed by atoms with E-state index < -0.39 is 17.4 Å². The van der Waals surface area contributed by atoms with Gasteiger partial charge < -0.3 is 23.1 Å². The van der Waals surface area contributed by atoms with E-state index in [1.807, 2.05) is 0 Å². The Morgan fingerprint density at radius 1 is 1.19 bits per heavy atom. The minimum absolute atomic E-state index is 0.0307. The molecule has 6 atom stereocenters. The topological polar surface area (TPSA) is 49.5 Å². The highest BCUT2D eigenvalue weighted by molar-refractivity contribution is 6.74. The molecule has 0 aromatic carbocycles. The second kappa shape index (κ2) is 9.36. The Kier molecular flexibility index (Phi) is 8.16. The molecule has 0 aromatic heterocycles. The maximum Gasteiger partial charge on any atom is 0.192 e. The van der Waals surface area contributed by atoms with E-state index in [-0.39, 0.29) is 35.7 Å². The van der Waals surface area contributed by atoms with E-state index in [2.05, 4.69) is 60.8 Å².